The normalized spacial score (nSPS) is 9.75. The summed E-state index contributed by atoms with van der Waals surface area (Å²) in [6.07, 6.45) is 0.0290. The SMILES string of the molecule is O=C(O)CCSCC(=O)NSCCC(=O)O. The molecular weight excluding hydrogens is 254 g/mol. The Kier molecular flexibility index (Phi) is 8.82. The van der Waals surface area contributed by atoms with Crippen LogP contribution in [-0.4, -0.2) is 45.3 Å². The van der Waals surface area contributed by atoms with E-state index in [2.05, 4.69) is 4.72 Å². The number of carboxylic acid groups (broad SMARTS) is 2. The van der Waals surface area contributed by atoms with Gasteiger partial charge in [-0.25, -0.2) is 0 Å². The highest BCUT2D eigenvalue weighted by molar-refractivity contribution is 8.00. The van der Waals surface area contributed by atoms with E-state index in [0.717, 1.165) is 11.9 Å². The summed E-state index contributed by atoms with van der Waals surface area (Å²) in [4.78, 5) is 31.4. The van der Waals surface area contributed by atoms with Crippen LogP contribution in [0.15, 0.2) is 0 Å². The minimum Gasteiger partial charge on any atom is -0.481 e. The Labute approximate surface area is 101 Å². The molecule has 0 saturated heterocycles. The molecule has 0 spiro atoms. The van der Waals surface area contributed by atoms with E-state index < -0.39 is 11.9 Å². The van der Waals surface area contributed by atoms with Gasteiger partial charge in [-0.2, -0.15) is 11.8 Å². The second kappa shape index (κ2) is 9.34. The van der Waals surface area contributed by atoms with Gasteiger partial charge in [0.2, 0.25) is 5.91 Å². The number of amides is 1. The molecule has 16 heavy (non-hydrogen) atoms. The summed E-state index contributed by atoms with van der Waals surface area (Å²) in [5, 5.41) is 16.6. The largest absolute Gasteiger partial charge is 0.481 e. The Morgan fingerprint density at radius 2 is 1.56 bits per heavy atom. The monoisotopic (exact) mass is 267 g/mol. The quantitative estimate of drug-likeness (QED) is 0.411. The first-order valence-electron chi connectivity index (χ1n) is 4.44. The molecule has 0 aromatic rings. The van der Waals surface area contributed by atoms with Gasteiger partial charge < -0.3 is 10.2 Å². The lowest BCUT2D eigenvalue weighted by Gasteiger charge is -2.02. The number of hydrogen-bond acceptors (Lipinski definition) is 5. The van der Waals surface area contributed by atoms with Gasteiger partial charge in [-0.15, -0.1) is 0 Å². The maximum atomic E-state index is 11.1. The predicted octanol–water partition coefficient (Wildman–Crippen LogP) is 0.433. The first kappa shape index (κ1) is 15.1. The zero-order chi connectivity index (χ0) is 12.4. The molecule has 0 aromatic heterocycles. The Balaban J connectivity index is 3.31. The average Bonchev–Trinajstić information content (AvgIpc) is 2.19. The topological polar surface area (TPSA) is 104 Å². The molecule has 0 aliphatic heterocycles. The van der Waals surface area contributed by atoms with Gasteiger partial charge in [-0.1, -0.05) is 0 Å². The standard InChI is InChI=1S/C8H13NO5S2/c10-6(5-15-3-1-7(11)12)9-16-4-2-8(13)14/h1-5H2,(H,9,10)(H,11,12)(H,13,14). The van der Waals surface area contributed by atoms with Crippen molar-refractivity contribution < 1.29 is 24.6 Å². The lowest BCUT2D eigenvalue weighted by Crippen LogP contribution is -2.19. The molecule has 1 amide bonds. The fraction of sp³-hybridized carbons (Fsp3) is 0.625. The van der Waals surface area contributed by atoms with E-state index in [4.69, 9.17) is 10.2 Å². The third-order valence-electron chi connectivity index (χ3n) is 1.30. The lowest BCUT2D eigenvalue weighted by atomic mass is 10.5. The molecule has 0 atom stereocenters. The molecule has 0 aliphatic rings. The number of carboxylic acids is 2. The van der Waals surface area contributed by atoms with Crippen molar-refractivity contribution in [2.75, 3.05) is 17.3 Å². The third-order valence-corrected chi connectivity index (χ3v) is 3.04. The average molecular weight is 267 g/mol. The van der Waals surface area contributed by atoms with E-state index >= 15 is 0 Å². The van der Waals surface area contributed by atoms with Crippen LogP contribution in [-0.2, 0) is 14.4 Å². The summed E-state index contributed by atoms with van der Waals surface area (Å²) in [6.45, 7) is 0. The van der Waals surface area contributed by atoms with Crippen molar-refractivity contribution >= 4 is 41.6 Å². The second-order valence-corrected chi connectivity index (χ2v) is 4.72. The van der Waals surface area contributed by atoms with Crippen molar-refractivity contribution in [2.45, 2.75) is 12.8 Å². The smallest absolute Gasteiger partial charge is 0.304 e. The van der Waals surface area contributed by atoms with Crippen LogP contribution in [0, 0.1) is 0 Å². The molecule has 0 aliphatic carbocycles. The minimum absolute atomic E-state index is 0.00287. The van der Waals surface area contributed by atoms with Crippen LogP contribution < -0.4 is 4.72 Å². The molecule has 0 radical (unpaired) electrons. The zero-order valence-corrected chi connectivity index (χ0v) is 10.1. The van der Waals surface area contributed by atoms with E-state index in [1.807, 2.05) is 0 Å². The van der Waals surface area contributed by atoms with Crippen molar-refractivity contribution in [3.05, 3.63) is 0 Å². The van der Waals surface area contributed by atoms with Crippen molar-refractivity contribution in [1.29, 1.82) is 0 Å². The number of nitrogens with one attached hydrogen (secondary N) is 1. The van der Waals surface area contributed by atoms with Gasteiger partial charge in [0.05, 0.1) is 18.6 Å². The number of carbonyl (C=O) groups is 3. The van der Waals surface area contributed by atoms with Crippen molar-refractivity contribution in [1.82, 2.24) is 4.72 Å². The van der Waals surface area contributed by atoms with E-state index in [9.17, 15) is 14.4 Å². The first-order chi connectivity index (χ1) is 7.52. The van der Waals surface area contributed by atoms with Gasteiger partial charge in [0.15, 0.2) is 0 Å². The Morgan fingerprint density at radius 3 is 2.12 bits per heavy atom. The molecule has 0 bridgehead atoms. The molecule has 0 heterocycles. The van der Waals surface area contributed by atoms with Gasteiger partial charge in [-0.3, -0.25) is 19.1 Å². The van der Waals surface area contributed by atoms with Crippen LogP contribution in [0.2, 0.25) is 0 Å². The van der Waals surface area contributed by atoms with Crippen LogP contribution in [0.4, 0.5) is 0 Å². The van der Waals surface area contributed by atoms with Gasteiger partial charge in [0.1, 0.15) is 0 Å². The van der Waals surface area contributed by atoms with Crippen LogP contribution in [0.5, 0.6) is 0 Å². The molecular formula is C8H13NO5S2. The molecule has 3 N–H and O–H groups in total. The lowest BCUT2D eigenvalue weighted by molar-refractivity contribution is -0.137. The van der Waals surface area contributed by atoms with Crippen LogP contribution in [0.3, 0.4) is 0 Å². The molecule has 8 heteroatoms. The fourth-order valence-electron chi connectivity index (χ4n) is 0.624. The molecule has 0 fully saturated rings. The highest BCUT2D eigenvalue weighted by atomic mass is 32.2. The summed E-state index contributed by atoms with van der Waals surface area (Å²) in [5.74, 6) is -1.12. The van der Waals surface area contributed by atoms with Crippen LogP contribution in [0.1, 0.15) is 12.8 Å². The van der Waals surface area contributed by atoms with Gasteiger partial charge >= 0.3 is 11.9 Å². The Hall–Kier alpha value is -0.890. The molecule has 6 nitrogen and oxygen atoms in total. The first-order valence-corrected chi connectivity index (χ1v) is 6.58. The van der Waals surface area contributed by atoms with Gasteiger partial charge in [0.25, 0.3) is 0 Å². The maximum absolute atomic E-state index is 11.1. The highest BCUT2D eigenvalue weighted by Crippen LogP contribution is 2.03. The molecule has 92 valence electrons. The predicted molar refractivity (Wildman–Crippen MR) is 62.4 cm³/mol. The third kappa shape index (κ3) is 11.2. The highest BCUT2D eigenvalue weighted by Gasteiger charge is 2.03. The molecule has 0 rings (SSSR count). The van der Waals surface area contributed by atoms with E-state index in [1.54, 1.807) is 0 Å². The van der Waals surface area contributed by atoms with E-state index in [-0.39, 0.29) is 24.5 Å². The second-order valence-electron chi connectivity index (χ2n) is 2.71. The molecule has 0 aromatic carbocycles. The van der Waals surface area contributed by atoms with Crippen molar-refractivity contribution in [2.24, 2.45) is 0 Å². The summed E-state index contributed by atoms with van der Waals surface area (Å²) in [6, 6.07) is 0. The summed E-state index contributed by atoms with van der Waals surface area (Å²) in [7, 11) is 0. The zero-order valence-electron chi connectivity index (χ0n) is 8.47. The Morgan fingerprint density at radius 1 is 1.00 bits per heavy atom. The fourth-order valence-corrected chi connectivity index (χ4v) is 2.05. The number of hydrogen-bond donors (Lipinski definition) is 3. The summed E-state index contributed by atoms with van der Waals surface area (Å²) in [5.41, 5.74) is 0. The molecule has 0 saturated carbocycles. The van der Waals surface area contributed by atoms with E-state index in [0.29, 0.717) is 11.5 Å². The van der Waals surface area contributed by atoms with Crippen LogP contribution in [0.25, 0.3) is 0 Å². The molecule has 0 unspecified atom stereocenters. The maximum Gasteiger partial charge on any atom is 0.304 e. The van der Waals surface area contributed by atoms with Gasteiger partial charge in [-0.05, 0) is 11.9 Å². The van der Waals surface area contributed by atoms with Crippen molar-refractivity contribution in [3.8, 4) is 0 Å². The van der Waals surface area contributed by atoms with Crippen molar-refractivity contribution in [3.63, 3.8) is 0 Å². The number of rotatable bonds is 9. The number of aliphatic carboxylic acids is 2. The minimum atomic E-state index is -0.905. The number of thioether (sulfide) groups is 1. The number of carbonyl (C=O) groups excluding carboxylic acids is 1. The summed E-state index contributed by atoms with van der Waals surface area (Å²) < 4.78 is 2.47. The van der Waals surface area contributed by atoms with Gasteiger partial charge in [0, 0.05) is 11.5 Å². The van der Waals surface area contributed by atoms with E-state index in [1.165, 1.54) is 11.8 Å². The van der Waals surface area contributed by atoms with Crippen LogP contribution >= 0.6 is 23.7 Å². The summed E-state index contributed by atoms with van der Waals surface area (Å²) >= 11 is 2.28. The Bertz CT molecular complexity index is 235.